The van der Waals surface area contributed by atoms with Crippen molar-refractivity contribution in [2.45, 2.75) is 32.3 Å². The number of methoxy groups -OCH3 is 1. The van der Waals surface area contributed by atoms with Gasteiger partial charge in [0.15, 0.2) is 5.82 Å². The molecule has 2 aromatic rings. The predicted octanol–water partition coefficient (Wildman–Crippen LogP) is 2.94. The molecule has 128 valence electrons. The standard InChI is InChI=1S/C17H22N4O3/c1-12-18-16(24-20-12)13-7-9-21(10-8-13)17(22)19-15-6-4-3-5-14(15)11-23-2/h3-6,13H,7-11H2,1-2H3,(H,19,22). The number of piperidine rings is 1. The van der Waals surface area contributed by atoms with Gasteiger partial charge in [-0.2, -0.15) is 4.98 Å². The Bertz CT molecular complexity index is 693. The van der Waals surface area contributed by atoms with Gasteiger partial charge in [0.2, 0.25) is 5.89 Å². The lowest BCUT2D eigenvalue weighted by molar-refractivity contribution is 0.183. The van der Waals surface area contributed by atoms with Crippen LogP contribution in [0.1, 0.15) is 36.0 Å². The van der Waals surface area contributed by atoms with E-state index in [2.05, 4.69) is 15.5 Å². The van der Waals surface area contributed by atoms with E-state index < -0.39 is 0 Å². The maximum atomic E-state index is 12.5. The Morgan fingerprint density at radius 2 is 2.12 bits per heavy atom. The number of nitrogens with zero attached hydrogens (tertiary/aromatic N) is 3. The second-order valence-corrected chi connectivity index (χ2v) is 5.96. The lowest BCUT2D eigenvalue weighted by Crippen LogP contribution is -2.40. The first kappa shape index (κ1) is 16.4. The van der Waals surface area contributed by atoms with Crippen molar-refractivity contribution in [2.24, 2.45) is 0 Å². The molecule has 1 aromatic heterocycles. The summed E-state index contributed by atoms with van der Waals surface area (Å²) >= 11 is 0. The minimum absolute atomic E-state index is 0.0845. The number of hydrogen-bond donors (Lipinski definition) is 1. The number of likely N-dealkylation sites (tertiary alicyclic amines) is 1. The van der Waals surface area contributed by atoms with E-state index in [1.165, 1.54) is 0 Å². The number of para-hydroxylation sites is 1. The molecule has 1 aliphatic rings. The van der Waals surface area contributed by atoms with E-state index in [1.54, 1.807) is 7.11 Å². The number of nitrogens with one attached hydrogen (secondary N) is 1. The van der Waals surface area contributed by atoms with Crippen molar-refractivity contribution in [3.05, 3.63) is 41.5 Å². The number of carbonyl (C=O) groups is 1. The zero-order valence-corrected chi connectivity index (χ0v) is 14.0. The van der Waals surface area contributed by atoms with E-state index in [0.29, 0.717) is 31.4 Å². The van der Waals surface area contributed by atoms with Crippen LogP contribution < -0.4 is 5.32 Å². The van der Waals surface area contributed by atoms with E-state index in [-0.39, 0.29) is 11.9 Å². The lowest BCUT2D eigenvalue weighted by Gasteiger charge is -2.30. The first-order chi connectivity index (χ1) is 11.7. The van der Waals surface area contributed by atoms with E-state index >= 15 is 0 Å². The zero-order valence-electron chi connectivity index (χ0n) is 14.0. The molecule has 3 rings (SSSR count). The zero-order chi connectivity index (χ0) is 16.9. The van der Waals surface area contributed by atoms with Crippen molar-refractivity contribution < 1.29 is 14.1 Å². The molecule has 2 amide bonds. The summed E-state index contributed by atoms with van der Waals surface area (Å²) in [6, 6.07) is 7.59. The van der Waals surface area contributed by atoms with Crippen molar-refractivity contribution in [1.82, 2.24) is 15.0 Å². The number of ether oxygens (including phenoxy) is 1. The van der Waals surface area contributed by atoms with Gasteiger partial charge in [0, 0.05) is 37.4 Å². The number of carbonyl (C=O) groups excluding carboxylic acids is 1. The van der Waals surface area contributed by atoms with Crippen LogP contribution in [0.2, 0.25) is 0 Å². The number of aryl methyl sites for hydroxylation is 1. The minimum atomic E-state index is -0.0845. The van der Waals surface area contributed by atoms with Gasteiger partial charge in [-0.15, -0.1) is 0 Å². The summed E-state index contributed by atoms with van der Waals surface area (Å²) in [6.45, 7) is 3.62. The molecule has 0 atom stereocenters. The average molecular weight is 330 g/mol. The van der Waals surface area contributed by atoms with Gasteiger partial charge in [0.05, 0.1) is 6.61 Å². The lowest BCUT2D eigenvalue weighted by atomic mass is 9.97. The van der Waals surface area contributed by atoms with Crippen molar-refractivity contribution in [3.8, 4) is 0 Å². The number of anilines is 1. The summed E-state index contributed by atoms with van der Waals surface area (Å²) in [6.07, 6.45) is 1.66. The molecule has 0 saturated carbocycles. The molecule has 1 saturated heterocycles. The van der Waals surface area contributed by atoms with Crippen LogP contribution in [-0.4, -0.2) is 41.3 Å². The first-order valence-electron chi connectivity index (χ1n) is 8.10. The Kier molecular flexibility index (Phi) is 5.10. The van der Waals surface area contributed by atoms with Gasteiger partial charge in [0.1, 0.15) is 0 Å². The molecule has 1 aliphatic heterocycles. The number of amides is 2. The molecular weight excluding hydrogens is 308 g/mol. The Morgan fingerprint density at radius 1 is 1.38 bits per heavy atom. The van der Waals surface area contributed by atoms with E-state index in [9.17, 15) is 4.79 Å². The molecule has 24 heavy (non-hydrogen) atoms. The van der Waals surface area contributed by atoms with Gasteiger partial charge < -0.3 is 19.5 Å². The van der Waals surface area contributed by atoms with Crippen molar-refractivity contribution in [2.75, 3.05) is 25.5 Å². The normalized spacial score (nSPS) is 15.5. The maximum Gasteiger partial charge on any atom is 0.321 e. The van der Waals surface area contributed by atoms with Crippen molar-refractivity contribution in [1.29, 1.82) is 0 Å². The van der Waals surface area contributed by atoms with Gasteiger partial charge in [-0.05, 0) is 25.8 Å². The number of urea groups is 1. The highest BCUT2D eigenvalue weighted by Gasteiger charge is 2.27. The second kappa shape index (κ2) is 7.44. The Labute approximate surface area is 141 Å². The molecule has 1 fully saturated rings. The Hall–Kier alpha value is -2.41. The van der Waals surface area contributed by atoms with E-state index in [1.807, 2.05) is 36.1 Å². The van der Waals surface area contributed by atoms with Crippen LogP contribution in [0.4, 0.5) is 10.5 Å². The van der Waals surface area contributed by atoms with Crippen LogP contribution in [0.25, 0.3) is 0 Å². The van der Waals surface area contributed by atoms with Crippen molar-refractivity contribution in [3.63, 3.8) is 0 Å². The summed E-state index contributed by atoms with van der Waals surface area (Å²) in [5.41, 5.74) is 1.75. The summed E-state index contributed by atoms with van der Waals surface area (Å²) < 4.78 is 10.4. The fraction of sp³-hybridized carbons (Fsp3) is 0.471. The van der Waals surface area contributed by atoms with Gasteiger partial charge in [-0.3, -0.25) is 0 Å². The van der Waals surface area contributed by atoms with Crippen LogP contribution in [0, 0.1) is 6.92 Å². The van der Waals surface area contributed by atoms with Gasteiger partial charge in [-0.25, -0.2) is 4.79 Å². The third-order valence-corrected chi connectivity index (χ3v) is 4.23. The Balaban J connectivity index is 1.57. The molecular formula is C17H22N4O3. The maximum absolute atomic E-state index is 12.5. The molecule has 7 heteroatoms. The minimum Gasteiger partial charge on any atom is -0.380 e. The summed E-state index contributed by atoms with van der Waals surface area (Å²) in [5.74, 6) is 1.56. The van der Waals surface area contributed by atoms with Crippen LogP contribution in [0.3, 0.4) is 0 Å². The predicted molar refractivity (Wildman–Crippen MR) is 88.8 cm³/mol. The number of rotatable bonds is 4. The number of hydrogen-bond acceptors (Lipinski definition) is 5. The third kappa shape index (κ3) is 3.73. The quantitative estimate of drug-likeness (QED) is 0.932. The molecule has 0 unspecified atom stereocenters. The van der Waals surface area contributed by atoms with Crippen LogP contribution in [0.5, 0.6) is 0 Å². The van der Waals surface area contributed by atoms with Gasteiger partial charge in [-0.1, -0.05) is 23.4 Å². The molecule has 0 bridgehead atoms. The van der Waals surface area contributed by atoms with E-state index in [4.69, 9.17) is 9.26 Å². The topological polar surface area (TPSA) is 80.5 Å². The van der Waals surface area contributed by atoms with E-state index in [0.717, 1.165) is 24.1 Å². The number of aromatic nitrogens is 2. The molecule has 1 N–H and O–H groups in total. The summed E-state index contributed by atoms with van der Waals surface area (Å²) in [7, 11) is 1.64. The number of benzene rings is 1. The SMILES string of the molecule is COCc1ccccc1NC(=O)N1CCC(c2nc(C)no2)CC1. The van der Waals surface area contributed by atoms with Gasteiger partial charge >= 0.3 is 6.03 Å². The summed E-state index contributed by atoms with van der Waals surface area (Å²) in [4.78, 5) is 18.6. The molecule has 2 heterocycles. The average Bonchev–Trinajstić information content (AvgIpc) is 3.03. The first-order valence-corrected chi connectivity index (χ1v) is 8.10. The monoisotopic (exact) mass is 330 g/mol. The smallest absolute Gasteiger partial charge is 0.321 e. The third-order valence-electron chi connectivity index (χ3n) is 4.23. The van der Waals surface area contributed by atoms with Crippen molar-refractivity contribution >= 4 is 11.7 Å². The van der Waals surface area contributed by atoms with Crippen LogP contribution in [-0.2, 0) is 11.3 Å². The highest BCUT2D eigenvalue weighted by atomic mass is 16.5. The van der Waals surface area contributed by atoms with Gasteiger partial charge in [0.25, 0.3) is 0 Å². The second-order valence-electron chi connectivity index (χ2n) is 5.96. The largest absolute Gasteiger partial charge is 0.380 e. The Morgan fingerprint density at radius 3 is 2.79 bits per heavy atom. The molecule has 0 aliphatic carbocycles. The molecule has 0 radical (unpaired) electrons. The highest BCUT2D eigenvalue weighted by molar-refractivity contribution is 5.90. The fourth-order valence-electron chi connectivity index (χ4n) is 2.93. The molecule has 0 spiro atoms. The highest BCUT2D eigenvalue weighted by Crippen LogP contribution is 2.27. The molecule has 1 aromatic carbocycles. The summed E-state index contributed by atoms with van der Waals surface area (Å²) in [5, 5.41) is 6.82. The molecule has 7 nitrogen and oxygen atoms in total. The van der Waals surface area contributed by atoms with Crippen LogP contribution in [0.15, 0.2) is 28.8 Å². The fourth-order valence-corrected chi connectivity index (χ4v) is 2.93. The van der Waals surface area contributed by atoms with Crippen LogP contribution >= 0.6 is 0 Å².